The number of rotatable bonds is 6. The van der Waals surface area contributed by atoms with Crippen molar-refractivity contribution in [2.75, 3.05) is 12.3 Å². The van der Waals surface area contributed by atoms with Gasteiger partial charge >= 0.3 is 0 Å². The summed E-state index contributed by atoms with van der Waals surface area (Å²) in [4.78, 5) is 16.7. The molecule has 0 saturated carbocycles. The average Bonchev–Trinajstić information content (AvgIpc) is 3.02. The second kappa shape index (κ2) is 8.18. The number of aryl methyl sites for hydroxylation is 1. The first-order chi connectivity index (χ1) is 12.1. The lowest BCUT2D eigenvalue weighted by molar-refractivity contribution is 0.0949. The first-order valence-corrected chi connectivity index (χ1v) is 9.38. The number of imidazole rings is 1. The quantitative estimate of drug-likeness (QED) is 0.385. The molecule has 3 aromatic rings. The van der Waals surface area contributed by atoms with Gasteiger partial charge in [-0.25, -0.2) is 0 Å². The molecule has 0 unspecified atom stereocenters. The summed E-state index contributed by atoms with van der Waals surface area (Å²) >= 11 is 7.03. The van der Waals surface area contributed by atoms with E-state index in [-0.39, 0.29) is 5.91 Å². The summed E-state index contributed by atoms with van der Waals surface area (Å²) in [6.07, 6.45) is 1.65. The van der Waals surface area contributed by atoms with Gasteiger partial charge < -0.3 is 10.3 Å². The Balaban J connectivity index is 1.61. The van der Waals surface area contributed by atoms with Crippen molar-refractivity contribution in [3.8, 4) is 5.69 Å². The largest absolute Gasteiger partial charge is 0.350 e. The molecule has 2 N–H and O–H groups in total. The number of nitrogens with one attached hydrogen (secondary N) is 2. The number of carbonyl (C=O) groups is 1. The van der Waals surface area contributed by atoms with E-state index in [9.17, 15) is 4.79 Å². The second-order valence-electron chi connectivity index (χ2n) is 5.57. The fraction of sp³-hybridized carbons (Fsp3) is 0.158. The van der Waals surface area contributed by atoms with Crippen molar-refractivity contribution in [3.63, 3.8) is 0 Å². The van der Waals surface area contributed by atoms with E-state index in [4.69, 9.17) is 12.2 Å². The minimum absolute atomic E-state index is 0.138. The normalized spacial score (nSPS) is 10.6. The Hall–Kier alpha value is -2.31. The number of hydrogen-bond acceptors (Lipinski definition) is 3. The lowest BCUT2D eigenvalue weighted by Gasteiger charge is -2.09. The molecule has 0 spiro atoms. The third kappa shape index (κ3) is 4.41. The smallest absolute Gasteiger partial charge is 0.269 e. The molecule has 0 saturated heterocycles. The fourth-order valence-electron chi connectivity index (χ4n) is 2.43. The summed E-state index contributed by atoms with van der Waals surface area (Å²) in [6.45, 7) is 2.66. The number of thioether (sulfide) groups is 1. The van der Waals surface area contributed by atoms with Gasteiger partial charge in [-0.15, -0.1) is 11.8 Å². The molecule has 25 heavy (non-hydrogen) atoms. The molecular weight excluding hydrogens is 350 g/mol. The maximum Gasteiger partial charge on any atom is 0.269 e. The Bertz CT molecular complexity index is 898. The summed E-state index contributed by atoms with van der Waals surface area (Å²) in [5, 5.41) is 2.96. The molecule has 0 aliphatic carbocycles. The standard InChI is InChI=1S/C19H19N3OS2/c1-14-7-9-16(10-8-14)25-12-11-20-18(23)17-13-21-19(24)22(17)15-5-3-2-4-6-15/h2-10,13H,11-12H2,1H3,(H,20,23)(H,21,24). The number of aromatic amines is 1. The number of H-pyrrole nitrogens is 1. The third-order valence-corrected chi connectivity index (χ3v) is 5.01. The van der Waals surface area contributed by atoms with Gasteiger partial charge in [-0.2, -0.15) is 0 Å². The van der Waals surface area contributed by atoms with E-state index < -0.39 is 0 Å². The summed E-state index contributed by atoms with van der Waals surface area (Å²) in [6, 6.07) is 18.0. The third-order valence-electron chi connectivity index (χ3n) is 3.70. The van der Waals surface area contributed by atoms with Crippen molar-refractivity contribution in [3.05, 3.63) is 76.8 Å². The number of carbonyl (C=O) groups excluding carboxylic acids is 1. The average molecular weight is 370 g/mol. The monoisotopic (exact) mass is 369 g/mol. The highest BCUT2D eigenvalue weighted by Gasteiger charge is 2.13. The van der Waals surface area contributed by atoms with E-state index in [2.05, 4.69) is 41.5 Å². The van der Waals surface area contributed by atoms with E-state index in [1.165, 1.54) is 10.5 Å². The Morgan fingerprint density at radius 2 is 1.88 bits per heavy atom. The van der Waals surface area contributed by atoms with E-state index in [1.807, 2.05) is 30.3 Å². The van der Waals surface area contributed by atoms with Gasteiger partial charge in [-0.3, -0.25) is 9.36 Å². The highest BCUT2D eigenvalue weighted by molar-refractivity contribution is 7.99. The predicted octanol–water partition coefficient (Wildman–Crippen LogP) is 4.37. The summed E-state index contributed by atoms with van der Waals surface area (Å²) in [5.41, 5.74) is 2.62. The highest BCUT2D eigenvalue weighted by atomic mass is 32.2. The number of benzene rings is 2. The molecule has 4 nitrogen and oxygen atoms in total. The number of amides is 1. The Kier molecular flexibility index (Phi) is 5.73. The molecule has 1 heterocycles. The molecular formula is C19H19N3OS2. The highest BCUT2D eigenvalue weighted by Crippen LogP contribution is 2.17. The topological polar surface area (TPSA) is 49.8 Å². The van der Waals surface area contributed by atoms with Gasteiger partial charge in [0.15, 0.2) is 4.77 Å². The van der Waals surface area contributed by atoms with Crippen LogP contribution in [-0.2, 0) is 0 Å². The van der Waals surface area contributed by atoms with Gasteiger partial charge in [0.1, 0.15) is 5.69 Å². The summed E-state index contributed by atoms with van der Waals surface area (Å²) in [7, 11) is 0. The van der Waals surface area contributed by atoms with Gasteiger partial charge in [0.2, 0.25) is 0 Å². The molecule has 6 heteroatoms. The van der Waals surface area contributed by atoms with E-state index in [1.54, 1.807) is 22.5 Å². The zero-order valence-corrected chi connectivity index (χ0v) is 15.5. The van der Waals surface area contributed by atoms with Gasteiger partial charge in [0.05, 0.1) is 0 Å². The van der Waals surface area contributed by atoms with Crippen molar-refractivity contribution in [2.45, 2.75) is 11.8 Å². The molecule has 1 aromatic heterocycles. The minimum atomic E-state index is -0.138. The molecule has 3 rings (SSSR count). The van der Waals surface area contributed by atoms with Crippen LogP contribution < -0.4 is 5.32 Å². The molecule has 1 amide bonds. The Morgan fingerprint density at radius 3 is 2.60 bits per heavy atom. The van der Waals surface area contributed by atoms with Crippen LogP contribution in [0.4, 0.5) is 0 Å². The number of para-hydroxylation sites is 1. The second-order valence-corrected chi connectivity index (χ2v) is 7.12. The Labute approximate surface area is 156 Å². The lowest BCUT2D eigenvalue weighted by Crippen LogP contribution is -2.27. The molecule has 128 valence electrons. The van der Waals surface area contributed by atoms with Crippen molar-refractivity contribution < 1.29 is 4.79 Å². The molecule has 0 atom stereocenters. The van der Waals surface area contributed by atoms with Crippen LogP contribution in [0.15, 0.2) is 65.7 Å². The van der Waals surface area contributed by atoms with Crippen molar-refractivity contribution in [1.29, 1.82) is 0 Å². The number of hydrogen-bond donors (Lipinski definition) is 2. The molecule has 0 aliphatic heterocycles. The van der Waals surface area contributed by atoms with Gasteiger partial charge in [0.25, 0.3) is 5.91 Å². The van der Waals surface area contributed by atoms with Gasteiger partial charge in [-0.05, 0) is 43.4 Å². The Morgan fingerprint density at radius 1 is 1.16 bits per heavy atom. The maximum atomic E-state index is 12.5. The van der Waals surface area contributed by atoms with Crippen LogP contribution in [0.25, 0.3) is 5.69 Å². The van der Waals surface area contributed by atoms with Crippen LogP contribution >= 0.6 is 24.0 Å². The maximum absolute atomic E-state index is 12.5. The molecule has 0 radical (unpaired) electrons. The molecule has 0 aliphatic rings. The number of nitrogens with zero attached hydrogens (tertiary/aromatic N) is 1. The zero-order chi connectivity index (χ0) is 17.6. The van der Waals surface area contributed by atoms with Crippen LogP contribution in [0.5, 0.6) is 0 Å². The molecule has 0 bridgehead atoms. The summed E-state index contributed by atoms with van der Waals surface area (Å²) < 4.78 is 2.25. The van der Waals surface area contributed by atoms with Crippen LogP contribution in [0, 0.1) is 11.7 Å². The van der Waals surface area contributed by atoms with E-state index >= 15 is 0 Å². The van der Waals surface area contributed by atoms with E-state index in [0.29, 0.717) is 17.0 Å². The molecule has 0 fully saturated rings. The zero-order valence-electron chi connectivity index (χ0n) is 13.9. The SMILES string of the molecule is Cc1ccc(SCCNC(=O)c2c[nH]c(=S)n2-c2ccccc2)cc1. The van der Waals surface area contributed by atoms with Crippen molar-refractivity contribution in [1.82, 2.24) is 14.9 Å². The lowest BCUT2D eigenvalue weighted by atomic mass is 10.2. The van der Waals surface area contributed by atoms with Crippen LogP contribution in [0.3, 0.4) is 0 Å². The molecule has 2 aromatic carbocycles. The van der Waals surface area contributed by atoms with Crippen molar-refractivity contribution >= 4 is 29.9 Å². The van der Waals surface area contributed by atoms with Crippen LogP contribution in [-0.4, -0.2) is 27.8 Å². The van der Waals surface area contributed by atoms with Crippen LogP contribution in [0.1, 0.15) is 16.1 Å². The minimum Gasteiger partial charge on any atom is -0.350 e. The van der Waals surface area contributed by atoms with E-state index in [0.717, 1.165) is 11.4 Å². The first kappa shape index (κ1) is 17.5. The summed E-state index contributed by atoms with van der Waals surface area (Å²) in [5.74, 6) is 0.673. The number of aromatic nitrogens is 2. The van der Waals surface area contributed by atoms with Crippen molar-refractivity contribution in [2.24, 2.45) is 0 Å². The van der Waals surface area contributed by atoms with Crippen LogP contribution in [0.2, 0.25) is 0 Å². The van der Waals surface area contributed by atoms with Gasteiger partial charge in [0, 0.05) is 29.1 Å². The first-order valence-electron chi connectivity index (χ1n) is 7.98. The van der Waals surface area contributed by atoms with Gasteiger partial charge in [-0.1, -0.05) is 35.9 Å². The predicted molar refractivity (Wildman–Crippen MR) is 105 cm³/mol. The fourth-order valence-corrected chi connectivity index (χ4v) is 3.46.